The summed E-state index contributed by atoms with van der Waals surface area (Å²) in [6.07, 6.45) is 7.80. The molecule has 3 saturated heterocycles. The molecule has 2 aromatic heterocycles. The van der Waals surface area contributed by atoms with Gasteiger partial charge in [-0.15, -0.1) is 12.4 Å². The summed E-state index contributed by atoms with van der Waals surface area (Å²) in [6.45, 7) is 6.63. The van der Waals surface area contributed by atoms with E-state index in [2.05, 4.69) is 31.7 Å². The van der Waals surface area contributed by atoms with E-state index in [9.17, 15) is 4.79 Å². The van der Waals surface area contributed by atoms with Crippen molar-refractivity contribution in [3.63, 3.8) is 0 Å². The van der Waals surface area contributed by atoms with Crippen LogP contribution in [0.15, 0.2) is 42.7 Å². The van der Waals surface area contributed by atoms with Crippen LogP contribution in [0.3, 0.4) is 0 Å². The second kappa shape index (κ2) is 13.5. The topological polar surface area (TPSA) is 94.9 Å². The molecule has 1 N–H and O–H groups in total. The molecular weight excluding hydrogens is 611 g/mol. The number of carbonyl (C=O) groups is 1. The zero-order valence-corrected chi connectivity index (χ0v) is 26.5. The molecule has 3 aliphatic rings. The van der Waals surface area contributed by atoms with Gasteiger partial charge in [-0.1, -0.05) is 23.2 Å². The van der Waals surface area contributed by atoms with Gasteiger partial charge in [0, 0.05) is 59.7 Å². The lowest BCUT2D eigenvalue weighted by Gasteiger charge is -2.31. The van der Waals surface area contributed by atoms with E-state index < -0.39 is 5.97 Å². The van der Waals surface area contributed by atoms with Crippen LogP contribution in [0.1, 0.15) is 37.7 Å². The number of aromatic nitrogens is 3. The number of nitrogens with zero attached hydrogens (tertiary/aromatic N) is 6. The Morgan fingerprint density at radius 2 is 1.70 bits per heavy atom. The molecule has 1 atom stereocenters. The number of hydrogen-bond donors (Lipinski definition) is 1. The van der Waals surface area contributed by atoms with Gasteiger partial charge in [-0.25, -0.2) is 15.0 Å². The van der Waals surface area contributed by atoms with E-state index in [-0.39, 0.29) is 24.7 Å². The lowest BCUT2D eigenvalue weighted by atomic mass is 9.86. The molecule has 3 aliphatic heterocycles. The van der Waals surface area contributed by atoms with Crippen LogP contribution in [0.25, 0.3) is 11.3 Å². The number of hydrogen-bond acceptors (Lipinski definition) is 8. The van der Waals surface area contributed by atoms with Crippen molar-refractivity contribution in [1.29, 1.82) is 0 Å². The largest absolute Gasteiger partial charge is 0.481 e. The molecule has 0 bridgehead atoms. The Hall–Kier alpha value is -2.69. The molecule has 1 unspecified atom stereocenters. The van der Waals surface area contributed by atoms with Gasteiger partial charge in [0.2, 0.25) is 11.8 Å². The zero-order valence-electron chi connectivity index (χ0n) is 24.2. The first-order valence-electron chi connectivity index (χ1n) is 14.6. The number of halogens is 3. The maximum Gasteiger partial charge on any atom is 0.303 e. The highest BCUT2D eigenvalue weighted by Gasteiger charge is 2.43. The molecule has 43 heavy (non-hydrogen) atoms. The molecule has 1 spiro atoms. The van der Waals surface area contributed by atoms with Gasteiger partial charge in [0.25, 0.3) is 0 Å². The Bertz CT molecular complexity index is 1420. The number of rotatable bonds is 8. The fourth-order valence-electron chi connectivity index (χ4n) is 6.65. The third-order valence-corrected chi connectivity index (χ3v) is 9.22. The normalized spacial score (nSPS) is 21.3. The Kier molecular flexibility index (Phi) is 9.98. The molecule has 0 saturated carbocycles. The second-order valence-corrected chi connectivity index (χ2v) is 13.0. The molecular formula is C31H37Cl3N6O3. The number of anilines is 1. The molecule has 3 aromatic rings. The van der Waals surface area contributed by atoms with Crippen LogP contribution < -0.4 is 9.64 Å². The highest BCUT2D eigenvalue weighted by Crippen LogP contribution is 2.40. The molecule has 3 fully saturated rings. The summed E-state index contributed by atoms with van der Waals surface area (Å²) < 4.78 is 6.21. The molecule has 230 valence electrons. The van der Waals surface area contributed by atoms with E-state index in [1.54, 1.807) is 18.5 Å². The zero-order chi connectivity index (χ0) is 29.3. The van der Waals surface area contributed by atoms with Crippen LogP contribution in [-0.2, 0) is 11.3 Å². The Labute approximate surface area is 268 Å². The smallest absolute Gasteiger partial charge is 0.303 e. The molecule has 1 aromatic carbocycles. The Balaban J connectivity index is 0.00000368. The SMILES string of the molecule is CN1CCC2(CCN(c3ncc(Oc4cc(CN5CCC(CC(=O)O)CC5)cc(-c5cc(Cl)cc(Cl)c5)n4)cn3)C2)C1.Cl. The van der Waals surface area contributed by atoms with Crippen molar-refractivity contribution < 1.29 is 14.6 Å². The highest BCUT2D eigenvalue weighted by atomic mass is 35.5. The van der Waals surface area contributed by atoms with E-state index in [0.29, 0.717) is 39.3 Å². The third-order valence-electron chi connectivity index (χ3n) is 8.78. The summed E-state index contributed by atoms with van der Waals surface area (Å²) in [7, 11) is 2.19. The van der Waals surface area contributed by atoms with Crippen molar-refractivity contribution in [3.05, 3.63) is 58.3 Å². The van der Waals surface area contributed by atoms with Gasteiger partial charge in [-0.05, 0) is 88.1 Å². The molecule has 0 aliphatic carbocycles. The number of benzene rings is 1. The average Bonchev–Trinajstić information content (AvgIpc) is 3.54. The summed E-state index contributed by atoms with van der Waals surface area (Å²) >= 11 is 12.6. The summed E-state index contributed by atoms with van der Waals surface area (Å²) in [5.41, 5.74) is 2.88. The van der Waals surface area contributed by atoms with Gasteiger partial charge < -0.3 is 19.6 Å². The van der Waals surface area contributed by atoms with Crippen molar-refractivity contribution in [2.75, 3.05) is 51.2 Å². The predicted octanol–water partition coefficient (Wildman–Crippen LogP) is 6.28. The van der Waals surface area contributed by atoms with Crippen LogP contribution in [0.4, 0.5) is 5.95 Å². The van der Waals surface area contributed by atoms with Crippen molar-refractivity contribution in [2.24, 2.45) is 11.3 Å². The number of carboxylic acids is 1. The summed E-state index contributed by atoms with van der Waals surface area (Å²) in [5.74, 6) is 1.19. The van der Waals surface area contributed by atoms with Crippen LogP contribution in [-0.4, -0.2) is 82.1 Å². The fraction of sp³-hybridized carbons (Fsp3) is 0.484. The van der Waals surface area contributed by atoms with Crippen LogP contribution in [0, 0.1) is 11.3 Å². The van der Waals surface area contributed by atoms with Crippen LogP contribution in [0.2, 0.25) is 10.0 Å². The van der Waals surface area contributed by atoms with E-state index in [0.717, 1.165) is 69.2 Å². The Morgan fingerprint density at radius 3 is 2.35 bits per heavy atom. The first-order chi connectivity index (χ1) is 20.2. The highest BCUT2D eigenvalue weighted by molar-refractivity contribution is 6.35. The number of ether oxygens (including phenoxy) is 1. The molecule has 9 nitrogen and oxygen atoms in total. The number of likely N-dealkylation sites (tertiary alicyclic amines) is 2. The van der Waals surface area contributed by atoms with Gasteiger partial charge in [-0.2, -0.15) is 0 Å². The maximum absolute atomic E-state index is 11.1. The van der Waals surface area contributed by atoms with E-state index in [4.69, 9.17) is 38.0 Å². The summed E-state index contributed by atoms with van der Waals surface area (Å²) in [6, 6.07) is 9.34. The first-order valence-corrected chi connectivity index (χ1v) is 15.3. The lowest BCUT2D eigenvalue weighted by Crippen LogP contribution is -2.33. The fourth-order valence-corrected chi connectivity index (χ4v) is 7.18. The first kappa shape index (κ1) is 31.7. The minimum Gasteiger partial charge on any atom is -0.481 e. The monoisotopic (exact) mass is 646 g/mol. The summed E-state index contributed by atoms with van der Waals surface area (Å²) in [5, 5.41) is 10.2. The van der Waals surface area contributed by atoms with Gasteiger partial charge in [0.1, 0.15) is 0 Å². The standard InChI is InChI=1S/C31H36Cl2N6O3.ClH/c1-37-8-4-31(19-37)5-9-39(20-31)30-34-16-26(17-35-30)42-28-11-22(18-38-6-2-21(3-7-38)12-29(40)41)10-27(36-28)23-13-24(32)15-25(33)14-23;/h10-11,13-17,21H,2-9,12,18-20H2,1H3,(H,40,41);1H. The lowest BCUT2D eigenvalue weighted by molar-refractivity contribution is -0.138. The number of aliphatic carboxylic acids is 1. The van der Waals surface area contributed by atoms with Crippen molar-refractivity contribution in [2.45, 2.75) is 38.6 Å². The summed E-state index contributed by atoms with van der Waals surface area (Å²) in [4.78, 5) is 32.2. The third kappa shape index (κ3) is 7.88. The van der Waals surface area contributed by atoms with Gasteiger partial charge in [0.05, 0.1) is 18.1 Å². The van der Waals surface area contributed by atoms with Crippen molar-refractivity contribution >= 4 is 47.5 Å². The minimum atomic E-state index is -0.725. The van der Waals surface area contributed by atoms with Crippen molar-refractivity contribution in [3.8, 4) is 22.9 Å². The Morgan fingerprint density at radius 1 is 1.00 bits per heavy atom. The molecule has 5 heterocycles. The molecule has 6 rings (SSSR count). The van der Waals surface area contributed by atoms with E-state index in [1.165, 1.54) is 12.8 Å². The minimum absolute atomic E-state index is 0. The number of carboxylic acid groups (broad SMARTS) is 1. The molecule has 12 heteroatoms. The predicted molar refractivity (Wildman–Crippen MR) is 171 cm³/mol. The van der Waals surface area contributed by atoms with Gasteiger partial charge in [-0.3, -0.25) is 9.69 Å². The van der Waals surface area contributed by atoms with Crippen LogP contribution in [0.5, 0.6) is 11.6 Å². The van der Waals surface area contributed by atoms with E-state index in [1.807, 2.05) is 24.3 Å². The van der Waals surface area contributed by atoms with Crippen molar-refractivity contribution in [1.82, 2.24) is 24.8 Å². The number of pyridine rings is 1. The quantitative estimate of drug-likeness (QED) is 0.303. The van der Waals surface area contributed by atoms with Gasteiger partial charge in [0.15, 0.2) is 5.75 Å². The average molecular weight is 648 g/mol. The van der Waals surface area contributed by atoms with E-state index >= 15 is 0 Å². The maximum atomic E-state index is 11.1. The number of piperidine rings is 1. The van der Waals surface area contributed by atoms with Gasteiger partial charge >= 0.3 is 5.97 Å². The van der Waals surface area contributed by atoms with Crippen LogP contribution >= 0.6 is 35.6 Å². The molecule has 0 radical (unpaired) electrons. The molecule has 0 amide bonds. The second-order valence-electron chi connectivity index (χ2n) is 12.2.